The standard InChI is InChI=1S/C5H5F3N2O/c1-4(5(6,7)8)2-9-3(11)10-4/h2H,1H3,(H,10,11)/t4-/m1/s1. The van der Waals surface area contributed by atoms with Crippen LogP contribution in [0.3, 0.4) is 0 Å². The first kappa shape index (κ1) is 8.03. The minimum atomic E-state index is -4.48. The second kappa shape index (κ2) is 1.96. The highest BCUT2D eigenvalue weighted by Crippen LogP contribution is 2.30. The molecule has 0 saturated heterocycles. The number of carbonyl (C=O) groups excluding carboxylic acids is 1. The van der Waals surface area contributed by atoms with Gasteiger partial charge in [0.2, 0.25) is 0 Å². The van der Waals surface area contributed by atoms with Crippen molar-refractivity contribution in [2.45, 2.75) is 18.6 Å². The van der Waals surface area contributed by atoms with Crippen molar-refractivity contribution in [3.8, 4) is 0 Å². The van der Waals surface area contributed by atoms with Crippen LogP contribution in [-0.4, -0.2) is 24.0 Å². The lowest BCUT2D eigenvalue weighted by atomic mass is 10.1. The van der Waals surface area contributed by atoms with E-state index in [-0.39, 0.29) is 0 Å². The van der Waals surface area contributed by atoms with Crippen molar-refractivity contribution < 1.29 is 18.0 Å². The molecule has 3 nitrogen and oxygen atoms in total. The molecule has 0 radical (unpaired) electrons. The zero-order valence-electron chi connectivity index (χ0n) is 5.57. The van der Waals surface area contributed by atoms with Gasteiger partial charge in [-0.1, -0.05) is 0 Å². The van der Waals surface area contributed by atoms with E-state index in [9.17, 15) is 18.0 Å². The van der Waals surface area contributed by atoms with Crippen molar-refractivity contribution in [2.24, 2.45) is 4.99 Å². The van der Waals surface area contributed by atoms with Gasteiger partial charge >= 0.3 is 12.2 Å². The lowest BCUT2D eigenvalue weighted by molar-refractivity contribution is -0.164. The van der Waals surface area contributed by atoms with Crippen LogP contribution in [0.25, 0.3) is 0 Å². The Morgan fingerprint density at radius 1 is 1.64 bits per heavy atom. The second-order valence-electron chi connectivity index (χ2n) is 2.39. The second-order valence-corrected chi connectivity index (χ2v) is 2.39. The minimum Gasteiger partial charge on any atom is -0.318 e. The molecular formula is C5H5F3N2O. The predicted molar refractivity (Wildman–Crippen MR) is 31.5 cm³/mol. The van der Waals surface area contributed by atoms with Crippen molar-refractivity contribution in [1.29, 1.82) is 0 Å². The van der Waals surface area contributed by atoms with Gasteiger partial charge in [-0.05, 0) is 6.92 Å². The van der Waals surface area contributed by atoms with Gasteiger partial charge < -0.3 is 5.32 Å². The summed E-state index contributed by atoms with van der Waals surface area (Å²) in [4.78, 5) is 13.3. The number of nitrogens with zero attached hydrogens (tertiary/aromatic N) is 1. The molecule has 1 atom stereocenters. The molecular weight excluding hydrogens is 161 g/mol. The summed E-state index contributed by atoms with van der Waals surface area (Å²) in [5.74, 6) is 0. The summed E-state index contributed by atoms with van der Waals surface area (Å²) < 4.78 is 36.0. The Morgan fingerprint density at radius 3 is 2.36 bits per heavy atom. The van der Waals surface area contributed by atoms with Crippen LogP contribution >= 0.6 is 0 Å². The number of rotatable bonds is 0. The summed E-state index contributed by atoms with van der Waals surface area (Å²) in [6.45, 7) is 0.849. The average molecular weight is 166 g/mol. The monoisotopic (exact) mass is 166 g/mol. The third kappa shape index (κ3) is 1.20. The largest absolute Gasteiger partial charge is 0.416 e. The number of carbonyl (C=O) groups is 1. The fourth-order valence-corrected chi connectivity index (χ4v) is 0.618. The van der Waals surface area contributed by atoms with Gasteiger partial charge in [0.25, 0.3) is 0 Å². The van der Waals surface area contributed by atoms with E-state index >= 15 is 0 Å². The molecule has 0 bridgehead atoms. The number of amides is 2. The van der Waals surface area contributed by atoms with Gasteiger partial charge in [-0.15, -0.1) is 0 Å². The van der Waals surface area contributed by atoms with E-state index in [0.29, 0.717) is 6.21 Å². The number of nitrogens with one attached hydrogen (secondary N) is 1. The predicted octanol–water partition coefficient (Wildman–Crippen LogP) is 1.10. The van der Waals surface area contributed by atoms with Crippen LogP contribution < -0.4 is 5.32 Å². The van der Waals surface area contributed by atoms with Crippen LogP contribution in [-0.2, 0) is 0 Å². The zero-order chi connectivity index (χ0) is 8.70. The van der Waals surface area contributed by atoms with Crippen LogP contribution in [0.2, 0.25) is 0 Å². The summed E-state index contributed by atoms with van der Waals surface area (Å²) in [6.07, 6.45) is -3.92. The topological polar surface area (TPSA) is 41.5 Å². The molecule has 0 aromatic heterocycles. The number of hydrogen-bond donors (Lipinski definition) is 1. The van der Waals surface area contributed by atoms with Crippen LogP contribution in [0.1, 0.15) is 6.92 Å². The summed E-state index contributed by atoms with van der Waals surface area (Å²) in [5.41, 5.74) is -2.29. The van der Waals surface area contributed by atoms with E-state index in [1.165, 1.54) is 0 Å². The first-order valence-electron chi connectivity index (χ1n) is 2.79. The summed E-state index contributed by atoms with van der Waals surface area (Å²) >= 11 is 0. The van der Waals surface area contributed by atoms with E-state index in [2.05, 4.69) is 4.99 Å². The van der Waals surface area contributed by atoms with Gasteiger partial charge in [-0.3, -0.25) is 0 Å². The molecule has 1 heterocycles. The van der Waals surface area contributed by atoms with E-state index in [1.807, 2.05) is 0 Å². The molecule has 0 aromatic carbocycles. The summed E-state index contributed by atoms with van der Waals surface area (Å²) in [7, 11) is 0. The zero-order valence-corrected chi connectivity index (χ0v) is 5.57. The third-order valence-electron chi connectivity index (χ3n) is 1.40. The van der Waals surface area contributed by atoms with E-state index in [0.717, 1.165) is 6.92 Å². The molecule has 1 rings (SSSR count). The molecule has 2 amide bonds. The van der Waals surface area contributed by atoms with Crippen LogP contribution in [0, 0.1) is 0 Å². The molecule has 11 heavy (non-hydrogen) atoms. The van der Waals surface area contributed by atoms with Gasteiger partial charge in [-0.2, -0.15) is 13.2 Å². The van der Waals surface area contributed by atoms with E-state index < -0.39 is 17.7 Å². The highest BCUT2D eigenvalue weighted by Gasteiger charge is 2.53. The molecule has 0 spiro atoms. The molecule has 0 fully saturated rings. The van der Waals surface area contributed by atoms with Gasteiger partial charge in [0.15, 0.2) is 5.54 Å². The van der Waals surface area contributed by atoms with E-state index in [4.69, 9.17) is 0 Å². The molecule has 0 aliphatic carbocycles. The van der Waals surface area contributed by atoms with Gasteiger partial charge in [0.05, 0.1) is 0 Å². The maximum atomic E-state index is 12.0. The Labute approximate surface area is 60.3 Å². The lowest BCUT2D eigenvalue weighted by Gasteiger charge is -2.23. The maximum absolute atomic E-state index is 12.0. The molecule has 62 valence electrons. The number of halogens is 3. The van der Waals surface area contributed by atoms with Crippen molar-refractivity contribution in [2.75, 3.05) is 0 Å². The molecule has 6 heteroatoms. The van der Waals surface area contributed by atoms with Crippen LogP contribution in [0.15, 0.2) is 4.99 Å². The van der Waals surface area contributed by atoms with Crippen LogP contribution in [0.5, 0.6) is 0 Å². The average Bonchev–Trinajstić information content (AvgIpc) is 2.10. The van der Waals surface area contributed by atoms with Crippen molar-refractivity contribution in [3.05, 3.63) is 0 Å². The maximum Gasteiger partial charge on any atom is 0.416 e. The molecule has 0 unspecified atom stereocenters. The Hall–Kier alpha value is -1.07. The number of aliphatic imine (C=N–C) groups is 1. The fourth-order valence-electron chi connectivity index (χ4n) is 0.618. The Balaban J connectivity index is 2.88. The van der Waals surface area contributed by atoms with E-state index in [1.54, 1.807) is 5.32 Å². The number of urea groups is 1. The normalized spacial score (nSPS) is 30.7. The summed E-state index contributed by atoms with van der Waals surface area (Å²) in [6, 6.07) is -0.954. The molecule has 0 saturated carbocycles. The third-order valence-corrected chi connectivity index (χ3v) is 1.40. The van der Waals surface area contributed by atoms with Gasteiger partial charge in [-0.25, -0.2) is 9.79 Å². The Morgan fingerprint density at radius 2 is 2.18 bits per heavy atom. The molecule has 0 aromatic rings. The van der Waals surface area contributed by atoms with Crippen molar-refractivity contribution in [3.63, 3.8) is 0 Å². The van der Waals surface area contributed by atoms with Gasteiger partial charge in [0, 0.05) is 6.21 Å². The summed E-state index contributed by atoms with van der Waals surface area (Å²) in [5, 5.41) is 1.68. The van der Waals surface area contributed by atoms with Crippen molar-refractivity contribution >= 4 is 12.2 Å². The SMILES string of the molecule is C[C@]1(C(F)(F)F)C=NC(=O)N1. The Kier molecular flexibility index (Phi) is 1.43. The quantitative estimate of drug-likeness (QED) is 0.575. The van der Waals surface area contributed by atoms with Crippen molar-refractivity contribution in [1.82, 2.24) is 5.32 Å². The minimum absolute atomic E-state index is 0.565. The first-order chi connectivity index (χ1) is 4.85. The molecule has 1 aliphatic heterocycles. The lowest BCUT2D eigenvalue weighted by Crippen LogP contribution is -2.53. The van der Waals surface area contributed by atoms with Crippen LogP contribution in [0.4, 0.5) is 18.0 Å². The Bertz CT molecular complexity index is 222. The number of hydrogen-bond acceptors (Lipinski definition) is 1. The first-order valence-corrected chi connectivity index (χ1v) is 2.79. The highest BCUT2D eigenvalue weighted by atomic mass is 19.4. The number of alkyl halides is 3. The molecule has 1 N–H and O–H groups in total. The highest BCUT2D eigenvalue weighted by molar-refractivity contribution is 5.95. The molecule has 1 aliphatic rings. The van der Waals surface area contributed by atoms with Gasteiger partial charge in [0.1, 0.15) is 0 Å². The fraction of sp³-hybridized carbons (Fsp3) is 0.600. The smallest absolute Gasteiger partial charge is 0.318 e.